The van der Waals surface area contributed by atoms with E-state index in [0.717, 1.165) is 0 Å². The third-order valence-corrected chi connectivity index (χ3v) is 4.39. The summed E-state index contributed by atoms with van der Waals surface area (Å²) in [7, 11) is 0. The predicted octanol–water partition coefficient (Wildman–Crippen LogP) is 1.24. The lowest BCUT2D eigenvalue weighted by atomic mass is 9.85. The van der Waals surface area contributed by atoms with Crippen molar-refractivity contribution in [2.75, 3.05) is 5.32 Å². The molecule has 1 fully saturated rings. The Kier molecular flexibility index (Phi) is 4.89. The Labute approximate surface area is 155 Å². The first-order chi connectivity index (χ1) is 12.9. The van der Waals surface area contributed by atoms with Gasteiger partial charge in [-0.1, -0.05) is 30.3 Å². The van der Waals surface area contributed by atoms with E-state index in [1.54, 1.807) is 42.5 Å². The first kappa shape index (κ1) is 18.1. The number of amides is 5. The number of hydrogen-bond acceptors (Lipinski definition) is 4. The molecule has 1 saturated heterocycles. The Morgan fingerprint density at radius 3 is 2.22 bits per heavy atom. The molecule has 1 aliphatic heterocycles. The number of carbonyl (C=O) groups excluding carboxylic acids is 4. The Bertz CT molecular complexity index is 896. The quantitative estimate of drug-likeness (QED) is 0.573. The van der Waals surface area contributed by atoms with Crippen LogP contribution in [0.1, 0.15) is 28.8 Å². The lowest BCUT2D eigenvalue weighted by Gasteiger charge is -2.26. The smallest absolute Gasteiger partial charge is 0.322 e. The maximum atomic E-state index is 12.4. The first-order valence-corrected chi connectivity index (χ1v) is 8.29. The maximum Gasteiger partial charge on any atom is 0.322 e. The summed E-state index contributed by atoms with van der Waals surface area (Å²) >= 11 is 0. The van der Waals surface area contributed by atoms with Crippen molar-refractivity contribution in [1.82, 2.24) is 10.6 Å². The normalized spacial score (nSPS) is 18.5. The van der Waals surface area contributed by atoms with Crippen molar-refractivity contribution in [2.24, 2.45) is 5.73 Å². The molecule has 2 aromatic carbocycles. The summed E-state index contributed by atoms with van der Waals surface area (Å²) in [5.41, 5.74) is 5.33. The molecule has 5 N–H and O–H groups in total. The average molecular weight is 366 g/mol. The molecule has 1 aliphatic rings. The van der Waals surface area contributed by atoms with Crippen molar-refractivity contribution in [1.29, 1.82) is 0 Å². The Morgan fingerprint density at radius 1 is 1.00 bits per heavy atom. The number of benzene rings is 2. The fraction of sp³-hybridized carbons (Fsp3) is 0.158. The number of primary amides is 1. The second kappa shape index (κ2) is 7.28. The van der Waals surface area contributed by atoms with E-state index in [2.05, 4.69) is 16.0 Å². The van der Waals surface area contributed by atoms with Crippen LogP contribution < -0.4 is 21.7 Å². The average Bonchev–Trinajstić information content (AvgIpc) is 2.95. The summed E-state index contributed by atoms with van der Waals surface area (Å²) in [6.07, 6.45) is 0.0972. The van der Waals surface area contributed by atoms with Crippen LogP contribution in [0.4, 0.5) is 10.5 Å². The van der Waals surface area contributed by atoms with E-state index in [9.17, 15) is 19.2 Å². The molecule has 0 aromatic heterocycles. The number of hydrogen-bond donors (Lipinski definition) is 4. The zero-order chi connectivity index (χ0) is 19.4. The van der Waals surface area contributed by atoms with E-state index in [-0.39, 0.29) is 18.7 Å². The number of nitrogens with two attached hydrogens (primary N) is 1. The first-order valence-electron chi connectivity index (χ1n) is 8.29. The Morgan fingerprint density at radius 2 is 1.67 bits per heavy atom. The van der Waals surface area contributed by atoms with Gasteiger partial charge in [0.25, 0.3) is 5.91 Å². The molecule has 0 saturated carbocycles. The molecular weight excluding hydrogens is 348 g/mol. The highest BCUT2D eigenvalue weighted by molar-refractivity contribution is 6.07. The second-order valence-electron chi connectivity index (χ2n) is 6.17. The van der Waals surface area contributed by atoms with Crippen LogP contribution in [0.5, 0.6) is 0 Å². The number of nitrogens with one attached hydrogen (secondary N) is 3. The predicted molar refractivity (Wildman–Crippen MR) is 97.6 cm³/mol. The minimum Gasteiger partial charge on any atom is -0.366 e. The van der Waals surface area contributed by atoms with Gasteiger partial charge >= 0.3 is 6.03 Å². The van der Waals surface area contributed by atoms with Gasteiger partial charge in [-0.2, -0.15) is 0 Å². The van der Waals surface area contributed by atoms with Crippen molar-refractivity contribution in [3.63, 3.8) is 0 Å². The van der Waals surface area contributed by atoms with Crippen molar-refractivity contribution in [2.45, 2.75) is 18.4 Å². The van der Waals surface area contributed by atoms with Gasteiger partial charge in [0.2, 0.25) is 11.8 Å². The van der Waals surface area contributed by atoms with Gasteiger partial charge in [0, 0.05) is 17.7 Å². The SMILES string of the molecule is NC(=O)c1ccc(NC(=O)CCC2(c3ccccc3)NC(=O)NC2=O)cc1. The number of urea groups is 1. The van der Waals surface area contributed by atoms with Crippen molar-refractivity contribution in [3.05, 3.63) is 65.7 Å². The molecule has 8 nitrogen and oxygen atoms in total. The van der Waals surface area contributed by atoms with Crippen molar-refractivity contribution < 1.29 is 19.2 Å². The van der Waals surface area contributed by atoms with Crippen LogP contribution in [0.2, 0.25) is 0 Å². The molecule has 2 aromatic rings. The molecule has 1 heterocycles. The molecule has 138 valence electrons. The molecule has 5 amide bonds. The lowest BCUT2D eigenvalue weighted by molar-refractivity contribution is -0.125. The van der Waals surface area contributed by atoms with Gasteiger partial charge in [0.1, 0.15) is 5.54 Å². The van der Waals surface area contributed by atoms with Crippen LogP contribution in [-0.4, -0.2) is 23.8 Å². The van der Waals surface area contributed by atoms with E-state index >= 15 is 0 Å². The molecule has 0 bridgehead atoms. The fourth-order valence-corrected chi connectivity index (χ4v) is 2.98. The number of carbonyl (C=O) groups is 4. The summed E-state index contributed by atoms with van der Waals surface area (Å²) in [5, 5.41) is 7.56. The van der Waals surface area contributed by atoms with Crippen LogP contribution in [0, 0.1) is 0 Å². The summed E-state index contributed by atoms with van der Waals surface area (Å²) < 4.78 is 0. The van der Waals surface area contributed by atoms with Gasteiger partial charge in [0.05, 0.1) is 0 Å². The summed E-state index contributed by atoms with van der Waals surface area (Å²) in [6.45, 7) is 0. The van der Waals surface area contributed by atoms with Gasteiger partial charge < -0.3 is 16.4 Å². The van der Waals surface area contributed by atoms with Gasteiger partial charge in [-0.15, -0.1) is 0 Å². The number of anilines is 1. The van der Waals surface area contributed by atoms with Crippen LogP contribution in [0.25, 0.3) is 0 Å². The summed E-state index contributed by atoms with van der Waals surface area (Å²) in [4.78, 5) is 47.5. The van der Waals surface area contributed by atoms with E-state index in [1.165, 1.54) is 12.1 Å². The second-order valence-corrected chi connectivity index (χ2v) is 6.17. The number of rotatable bonds is 6. The van der Waals surface area contributed by atoms with E-state index in [4.69, 9.17) is 5.73 Å². The van der Waals surface area contributed by atoms with Gasteiger partial charge in [-0.25, -0.2) is 4.79 Å². The van der Waals surface area contributed by atoms with E-state index in [0.29, 0.717) is 16.8 Å². The summed E-state index contributed by atoms with van der Waals surface area (Å²) in [5.74, 6) is -1.37. The monoisotopic (exact) mass is 366 g/mol. The summed E-state index contributed by atoms with van der Waals surface area (Å²) in [6, 6.07) is 14.3. The molecule has 1 atom stereocenters. The van der Waals surface area contributed by atoms with Gasteiger partial charge in [-0.3, -0.25) is 19.7 Å². The zero-order valence-corrected chi connectivity index (χ0v) is 14.3. The van der Waals surface area contributed by atoms with Crippen LogP contribution in [-0.2, 0) is 15.1 Å². The molecule has 8 heteroatoms. The third-order valence-electron chi connectivity index (χ3n) is 4.39. The largest absolute Gasteiger partial charge is 0.366 e. The Hall–Kier alpha value is -3.68. The van der Waals surface area contributed by atoms with Gasteiger partial charge in [0.15, 0.2) is 0 Å². The van der Waals surface area contributed by atoms with E-state index in [1.807, 2.05) is 0 Å². The number of imide groups is 1. The minimum atomic E-state index is -1.29. The van der Waals surface area contributed by atoms with Crippen LogP contribution in [0.3, 0.4) is 0 Å². The molecule has 3 rings (SSSR count). The van der Waals surface area contributed by atoms with Crippen molar-refractivity contribution in [3.8, 4) is 0 Å². The fourth-order valence-electron chi connectivity index (χ4n) is 2.98. The maximum absolute atomic E-state index is 12.4. The zero-order valence-electron chi connectivity index (χ0n) is 14.3. The molecule has 27 heavy (non-hydrogen) atoms. The van der Waals surface area contributed by atoms with Crippen molar-refractivity contribution >= 4 is 29.4 Å². The highest BCUT2D eigenvalue weighted by atomic mass is 16.2. The standard InChI is InChI=1S/C19H18N4O4/c20-16(25)12-6-8-14(9-7-12)21-15(24)10-11-19(13-4-2-1-3-5-13)17(26)22-18(27)23-19/h1-9H,10-11H2,(H2,20,25)(H,21,24)(H2,22,23,26,27). The third kappa shape index (κ3) is 3.79. The lowest BCUT2D eigenvalue weighted by Crippen LogP contribution is -2.44. The highest BCUT2D eigenvalue weighted by Gasteiger charge is 2.47. The molecule has 0 spiro atoms. The molecular formula is C19H18N4O4. The van der Waals surface area contributed by atoms with Crippen LogP contribution in [0.15, 0.2) is 54.6 Å². The van der Waals surface area contributed by atoms with E-state index < -0.39 is 23.4 Å². The highest BCUT2D eigenvalue weighted by Crippen LogP contribution is 2.30. The van der Waals surface area contributed by atoms with Crippen LogP contribution >= 0.6 is 0 Å². The molecule has 1 unspecified atom stereocenters. The van der Waals surface area contributed by atoms with Gasteiger partial charge in [-0.05, 0) is 36.2 Å². The topological polar surface area (TPSA) is 130 Å². The Balaban J connectivity index is 1.70. The molecule has 0 aliphatic carbocycles. The molecule has 0 radical (unpaired) electrons. The minimum absolute atomic E-state index is 0.000164.